The van der Waals surface area contributed by atoms with Crippen LogP contribution in [-0.2, 0) is 10.0 Å². The second-order valence-electron chi connectivity index (χ2n) is 5.73. The van der Waals surface area contributed by atoms with Crippen molar-refractivity contribution in [1.29, 1.82) is 0 Å². The van der Waals surface area contributed by atoms with E-state index >= 15 is 0 Å². The van der Waals surface area contributed by atoms with Gasteiger partial charge in [0.1, 0.15) is 0 Å². The fraction of sp³-hybridized carbons (Fsp3) is 0.125. The lowest BCUT2D eigenvalue weighted by Crippen LogP contribution is -2.21. The molecule has 0 aliphatic carbocycles. The fourth-order valence-corrected chi connectivity index (χ4v) is 3.92. The predicted octanol–water partition coefficient (Wildman–Crippen LogP) is 3.02. The highest BCUT2D eigenvalue weighted by Crippen LogP contribution is 2.22. The number of nitro groups is 1. The van der Waals surface area contributed by atoms with E-state index in [2.05, 4.69) is 31.0 Å². The van der Waals surface area contributed by atoms with E-state index < -0.39 is 14.9 Å². The standard InChI is InChI=1S/C16H14BrN5O4S/c1-10-3-4-13(22(23)24)8-16(10)27(25,26)20-19-11(2)14-9-18-21-6-5-12(17)7-15(14)21/h3-9,20H,1-2H3/b19-11+. The molecule has 140 valence electrons. The number of pyridine rings is 1. The van der Waals surface area contributed by atoms with Gasteiger partial charge in [-0.3, -0.25) is 10.1 Å². The summed E-state index contributed by atoms with van der Waals surface area (Å²) in [5.74, 6) is 0. The monoisotopic (exact) mass is 451 g/mol. The first-order valence-corrected chi connectivity index (χ1v) is 9.91. The number of hydrazone groups is 1. The largest absolute Gasteiger partial charge is 0.277 e. The fourth-order valence-electron chi connectivity index (χ4n) is 2.46. The Kier molecular flexibility index (Phi) is 4.98. The Morgan fingerprint density at radius 1 is 1.33 bits per heavy atom. The van der Waals surface area contributed by atoms with Gasteiger partial charge in [0.05, 0.1) is 27.2 Å². The SMILES string of the molecule is C/C(=N\NS(=O)(=O)c1cc([N+](=O)[O-])ccc1C)c1cnn2ccc(Br)cc12. The van der Waals surface area contributed by atoms with Gasteiger partial charge in [-0.05, 0) is 31.5 Å². The summed E-state index contributed by atoms with van der Waals surface area (Å²) >= 11 is 3.38. The van der Waals surface area contributed by atoms with Gasteiger partial charge >= 0.3 is 0 Å². The van der Waals surface area contributed by atoms with Crippen LogP contribution in [0.5, 0.6) is 0 Å². The lowest BCUT2D eigenvalue weighted by atomic mass is 10.2. The van der Waals surface area contributed by atoms with E-state index in [4.69, 9.17) is 0 Å². The number of hydrogen-bond donors (Lipinski definition) is 1. The van der Waals surface area contributed by atoms with E-state index in [1.165, 1.54) is 12.1 Å². The van der Waals surface area contributed by atoms with E-state index in [1.54, 1.807) is 30.8 Å². The molecular formula is C16H14BrN5O4S. The Balaban J connectivity index is 1.95. The molecule has 0 bridgehead atoms. The van der Waals surface area contributed by atoms with Crippen molar-refractivity contribution < 1.29 is 13.3 Å². The highest BCUT2D eigenvalue weighted by molar-refractivity contribution is 9.10. The maximum Gasteiger partial charge on any atom is 0.277 e. The van der Waals surface area contributed by atoms with Crippen molar-refractivity contribution in [1.82, 2.24) is 14.4 Å². The van der Waals surface area contributed by atoms with Crippen molar-refractivity contribution in [3.8, 4) is 0 Å². The molecule has 0 aliphatic heterocycles. The van der Waals surface area contributed by atoms with Crippen LogP contribution in [0.2, 0.25) is 0 Å². The zero-order valence-electron chi connectivity index (χ0n) is 14.2. The summed E-state index contributed by atoms with van der Waals surface area (Å²) in [7, 11) is -4.07. The van der Waals surface area contributed by atoms with Crippen LogP contribution in [-0.4, -0.2) is 28.7 Å². The molecule has 1 N–H and O–H groups in total. The number of nitrogens with zero attached hydrogens (tertiary/aromatic N) is 4. The van der Waals surface area contributed by atoms with E-state index in [1.807, 2.05) is 12.1 Å². The van der Waals surface area contributed by atoms with Crippen molar-refractivity contribution in [3.05, 3.63) is 68.4 Å². The smallest absolute Gasteiger partial charge is 0.258 e. The molecule has 3 rings (SSSR count). The first-order chi connectivity index (χ1) is 12.7. The van der Waals surface area contributed by atoms with Crippen LogP contribution in [0, 0.1) is 17.0 Å². The molecule has 9 nitrogen and oxygen atoms in total. The molecule has 0 radical (unpaired) electrons. The molecule has 11 heteroatoms. The number of nitro benzene ring substituents is 1. The molecule has 0 spiro atoms. The van der Waals surface area contributed by atoms with Gasteiger partial charge in [0, 0.05) is 28.4 Å². The molecule has 1 aromatic carbocycles. The summed E-state index contributed by atoms with van der Waals surface area (Å²) < 4.78 is 27.6. The Bertz CT molecular complexity index is 1190. The second kappa shape index (κ2) is 7.08. The number of hydrogen-bond acceptors (Lipinski definition) is 6. The second-order valence-corrected chi connectivity index (χ2v) is 8.28. The summed E-state index contributed by atoms with van der Waals surface area (Å²) in [5, 5.41) is 19.1. The minimum atomic E-state index is -4.07. The van der Waals surface area contributed by atoms with Crippen molar-refractivity contribution in [2.75, 3.05) is 0 Å². The van der Waals surface area contributed by atoms with Crippen LogP contribution in [0.1, 0.15) is 18.1 Å². The summed E-state index contributed by atoms with van der Waals surface area (Å²) in [4.78, 5) is 12.2. The van der Waals surface area contributed by atoms with Gasteiger partial charge < -0.3 is 0 Å². The highest BCUT2D eigenvalue weighted by Gasteiger charge is 2.20. The van der Waals surface area contributed by atoms with Crippen molar-refractivity contribution in [3.63, 3.8) is 0 Å². The van der Waals surface area contributed by atoms with Gasteiger partial charge in [-0.1, -0.05) is 22.0 Å². The zero-order chi connectivity index (χ0) is 19.8. The van der Waals surface area contributed by atoms with Gasteiger partial charge in [0.15, 0.2) is 0 Å². The normalized spacial score (nSPS) is 12.3. The van der Waals surface area contributed by atoms with Crippen LogP contribution in [0.15, 0.2) is 57.2 Å². The number of halogens is 1. The number of aromatic nitrogens is 2. The van der Waals surface area contributed by atoms with Gasteiger partial charge in [-0.2, -0.15) is 23.4 Å². The average Bonchev–Trinajstić information content (AvgIpc) is 3.02. The molecule has 0 saturated carbocycles. The minimum absolute atomic E-state index is 0.198. The molecule has 0 amide bonds. The maximum absolute atomic E-state index is 12.6. The topological polar surface area (TPSA) is 119 Å². The molecular weight excluding hydrogens is 438 g/mol. The molecule has 0 fully saturated rings. The molecule has 0 unspecified atom stereocenters. The molecule has 3 aromatic rings. The third-order valence-corrected chi connectivity index (χ3v) is 5.72. The van der Waals surface area contributed by atoms with Crippen LogP contribution < -0.4 is 4.83 Å². The first-order valence-electron chi connectivity index (χ1n) is 7.63. The lowest BCUT2D eigenvalue weighted by Gasteiger charge is -2.07. The van der Waals surface area contributed by atoms with Crippen LogP contribution in [0.25, 0.3) is 5.52 Å². The third-order valence-electron chi connectivity index (χ3n) is 3.88. The molecule has 0 atom stereocenters. The van der Waals surface area contributed by atoms with Crippen molar-refractivity contribution >= 4 is 42.9 Å². The van der Waals surface area contributed by atoms with Gasteiger partial charge in [0.25, 0.3) is 15.7 Å². The number of nitrogens with one attached hydrogen (secondary N) is 1. The summed E-state index contributed by atoms with van der Waals surface area (Å²) in [5.41, 5.74) is 1.86. The Hall–Kier alpha value is -2.79. The van der Waals surface area contributed by atoms with Crippen LogP contribution in [0.3, 0.4) is 0 Å². The number of benzene rings is 1. The van der Waals surface area contributed by atoms with E-state index in [0.717, 1.165) is 16.1 Å². The molecule has 2 aromatic heterocycles. The molecule has 27 heavy (non-hydrogen) atoms. The van der Waals surface area contributed by atoms with Crippen LogP contribution >= 0.6 is 15.9 Å². The quantitative estimate of drug-likeness (QED) is 0.363. The van der Waals surface area contributed by atoms with E-state index in [0.29, 0.717) is 16.8 Å². The number of sulfonamides is 1. The van der Waals surface area contributed by atoms with E-state index in [9.17, 15) is 18.5 Å². The van der Waals surface area contributed by atoms with Gasteiger partial charge in [0.2, 0.25) is 0 Å². The summed E-state index contributed by atoms with van der Waals surface area (Å²) in [6, 6.07) is 7.30. The summed E-state index contributed by atoms with van der Waals surface area (Å²) in [6.45, 7) is 3.19. The zero-order valence-corrected chi connectivity index (χ0v) is 16.7. The number of rotatable bonds is 5. The lowest BCUT2D eigenvalue weighted by molar-refractivity contribution is -0.385. The van der Waals surface area contributed by atoms with E-state index in [-0.39, 0.29) is 10.6 Å². The third kappa shape index (κ3) is 3.83. The molecule has 2 heterocycles. The molecule has 0 saturated heterocycles. The van der Waals surface area contributed by atoms with Crippen LogP contribution in [0.4, 0.5) is 5.69 Å². The Labute approximate surface area is 163 Å². The van der Waals surface area contributed by atoms with Crippen molar-refractivity contribution in [2.45, 2.75) is 18.7 Å². The maximum atomic E-state index is 12.6. The molecule has 0 aliphatic rings. The Morgan fingerprint density at radius 2 is 2.07 bits per heavy atom. The number of aryl methyl sites for hydroxylation is 1. The van der Waals surface area contributed by atoms with Crippen molar-refractivity contribution in [2.24, 2.45) is 5.10 Å². The average molecular weight is 452 g/mol. The van der Waals surface area contributed by atoms with Gasteiger partial charge in [-0.15, -0.1) is 0 Å². The number of non-ortho nitro benzene ring substituents is 1. The first kappa shape index (κ1) is 19.0. The highest BCUT2D eigenvalue weighted by atomic mass is 79.9. The Morgan fingerprint density at radius 3 is 2.78 bits per heavy atom. The minimum Gasteiger partial charge on any atom is -0.258 e. The number of fused-ring (bicyclic) bond motifs is 1. The van der Waals surface area contributed by atoms with Gasteiger partial charge in [-0.25, -0.2) is 4.52 Å². The summed E-state index contributed by atoms with van der Waals surface area (Å²) in [6.07, 6.45) is 3.33. The predicted molar refractivity (Wildman–Crippen MR) is 103 cm³/mol.